The lowest BCUT2D eigenvalue weighted by molar-refractivity contribution is -0.333. The molecular weight excluding hydrogens is 861 g/mol. The average Bonchev–Trinajstić information content (AvgIpc) is 3.78. The van der Waals surface area contributed by atoms with Crippen LogP contribution in [0.3, 0.4) is 0 Å². The van der Waals surface area contributed by atoms with Crippen molar-refractivity contribution in [1.29, 1.82) is 0 Å². The van der Waals surface area contributed by atoms with Gasteiger partial charge in [0.25, 0.3) is 16.6 Å². The number of rotatable bonds is 25. The smallest absolute Gasteiger partial charge is 0.261 e. The van der Waals surface area contributed by atoms with Crippen molar-refractivity contribution in [3.05, 3.63) is 133 Å². The van der Waals surface area contributed by atoms with Gasteiger partial charge in [-0.1, -0.05) is 220 Å². The Labute approximate surface area is 408 Å². The molecule has 2 aliphatic rings. The molecule has 8 heteroatoms. The molecule has 0 spiro atoms. The Balaban J connectivity index is 1.28. The van der Waals surface area contributed by atoms with Gasteiger partial charge < -0.3 is 27.8 Å². The second kappa shape index (κ2) is 24.1. The SMILES string of the molecule is CCCCCCCC1(CCCCCCC=C[C@@H]2COC(C)(C)OC2(CCO[Si](c2ccccc2)(c2ccccc2)C(C)(C)C)CO[Si](c2ccccc2)(c2ccccc2)C(C)(C)C)OCCO1. The molecule has 0 radical (unpaired) electrons. The molecule has 2 fully saturated rings. The van der Waals surface area contributed by atoms with Gasteiger partial charge in [0.1, 0.15) is 5.60 Å². The Kier molecular flexibility index (Phi) is 19.1. The normalized spacial score (nSPS) is 20.1. The van der Waals surface area contributed by atoms with Crippen LogP contribution < -0.4 is 20.7 Å². The van der Waals surface area contributed by atoms with E-state index in [4.69, 9.17) is 27.8 Å². The highest BCUT2D eigenvalue weighted by molar-refractivity contribution is 7.00. The average molecular weight is 948 g/mol. The zero-order valence-electron chi connectivity index (χ0n) is 43.0. The van der Waals surface area contributed by atoms with Gasteiger partial charge in [-0.2, -0.15) is 0 Å². The molecule has 67 heavy (non-hydrogen) atoms. The van der Waals surface area contributed by atoms with Crippen molar-refractivity contribution in [1.82, 2.24) is 0 Å². The van der Waals surface area contributed by atoms with E-state index < -0.39 is 28.0 Å². The number of unbranched alkanes of at least 4 members (excludes halogenated alkanes) is 8. The third kappa shape index (κ3) is 13.2. The van der Waals surface area contributed by atoms with Gasteiger partial charge in [-0.15, -0.1) is 0 Å². The highest BCUT2D eigenvalue weighted by atomic mass is 28.4. The standard InChI is InChI=1S/C59H86O6Si2/c1-10-11-12-16-31-42-59(60-46-47-61-59)43-32-17-14-13-15-22-33-50-48-62-57(8,9)65-58(50,49-64-67(56(5,6)7,53-38-27-20-28-39-53)54-40-29-21-30-41-54)44-45-63-66(55(2,3)4,51-34-23-18-24-35-51)52-36-25-19-26-37-52/h18-30,33-41,50H,10-17,31-32,42-49H2,1-9H3/t50-,58?/m1/s1. The van der Waals surface area contributed by atoms with Crippen molar-refractivity contribution >= 4 is 37.4 Å². The highest BCUT2D eigenvalue weighted by Gasteiger charge is 2.56. The molecule has 6 nitrogen and oxygen atoms in total. The second-order valence-electron chi connectivity index (χ2n) is 21.9. The van der Waals surface area contributed by atoms with Gasteiger partial charge >= 0.3 is 0 Å². The molecule has 0 aromatic heterocycles. The van der Waals surface area contributed by atoms with E-state index >= 15 is 0 Å². The van der Waals surface area contributed by atoms with Crippen molar-refractivity contribution in [2.75, 3.05) is 33.0 Å². The van der Waals surface area contributed by atoms with E-state index in [1.165, 1.54) is 65.7 Å². The van der Waals surface area contributed by atoms with Crippen LogP contribution in [-0.4, -0.2) is 66.8 Å². The number of allylic oxidation sites excluding steroid dienone is 1. The van der Waals surface area contributed by atoms with Crippen LogP contribution in [0.4, 0.5) is 0 Å². The molecule has 366 valence electrons. The van der Waals surface area contributed by atoms with E-state index in [1.807, 2.05) is 0 Å². The maximum atomic E-state index is 7.88. The monoisotopic (exact) mass is 947 g/mol. The summed E-state index contributed by atoms with van der Waals surface area (Å²) in [5.41, 5.74) is -0.747. The molecule has 0 aliphatic carbocycles. The van der Waals surface area contributed by atoms with Crippen LogP contribution in [0.5, 0.6) is 0 Å². The summed E-state index contributed by atoms with van der Waals surface area (Å²) in [5, 5.41) is 4.71. The summed E-state index contributed by atoms with van der Waals surface area (Å²) >= 11 is 0. The van der Waals surface area contributed by atoms with Crippen molar-refractivity contribution in [2.45, 2.75) is 173 Å². The second-order valence-corrected chi connectivity index (χ2v) is 30.5. The molecule has 2 atom stereocenters. The van der Waals surface area contributed by atoms with Crippen LogP contribution in [0.25, 0.3) is 0 Å². The molecule has 0 saturated carbocycles. The van der Waals surface area contributed by atoms with E-state index in [0.29, 0.717) is 26.2 Å². The third-order valence-corrected chi connectivity index (χ3v) is 24.5. The summed E-state index contributed by atoms with van der Waals surface area (Å²) in [7, 11) is -5.79. The maximum absolute atomic E-state index is 7.88. The summed E-state index contributed by atoms with van der Waals surface area (Å²) in [5.74, 6) is -1.24. The van der Waals surface area contributed by atoms with Crippen molar-refractivity contribution in [3.8, 4) is 0 Å². The van der Waals surface area contributed by atoms with Crippen molar-refractivity contribution in [3.63, 3.8) is 0 Å². The lowest BCUT2D eigenvalue weighted by atomic mass is 9.83. The van der Waals surface area contributed by atoms with Gasteiger partial charge in [0.05, 0.1) is 26.4 Å². The van der Waals surface area contributed by atoms with Crippen molar-refractivity contribution < 1.29 is 27.8 Å². The van der Waals surface area contributed by atoms with Gasteiger partial charge in [0, 0.05) is 31.8 Å². The zero-order chi connectivity index (χ0) is 47.9. The van der Waals surface area contributed by atoms with Gasteiger partial charge in [-0.3, -0.25) is 0 Å². The Bertz CT molecular complexity index is 1960. The summed E-state index contributed by atoms with van der Waals surface area (Å²) < 4.78 is 42.0. The molecule has 2 aliphatic heterocycles. The first kappa shape index (κ1) is 53.2. The van der Waals surface area contributed by atoms with E-state index in [0.717, 1.165) is 45.3 Å². The molecule has 2 heterocycles. The fraction of sp³-hybridized carbons (Fsp3) is 0.559. The number of hydrogen-bond acceptors (Lipinski definition) is 6. The van der Waals surface area contributed by atoms with E-state index in [9.17, 15) is 0 Å². The molecule has 2 saturated heterocycles. The third-order valence-electron chi connectivity index (χ3n) is 14.5. The first-order valence-corrected chi connectivity index (χ1v) is 29.7. The van der Waals surface area contributed by atoms with E-state index in [1.54, 1.807) is 0 Å². The lowest BCUT2D eigenvalue weighted by Crippen LogP contribution is -2.69. The molecule has 4 aromatic carbocycles. The first-order chi connectivity index (χ1) is 32.1. The van der Waals surface area contributed by atoms with Gasteiger partial charge in [-0.25, -0.2) is 0 Å². The quantitative estimate of drug-likeness (QED) is 0.0375. The Hall–Kier alpha value is -3.19. The number of ether oxygens (including phenoxy) is 4. The minimum absolute atomic E-state index is 0.0599. The molecule has 6 rings (SSSR count). The summed E-state index contributed by atoms with van der Waals surface area (Å²) in [4.78, 5) is 0. The number of benzene rings is 4. The first-order valence-electron chi connectivity index (χ1n) is 25.9. The van der Waals surface area contributed by atoms with Gasteiger partial charge in [0.15, 0.2) is 11.6 Å². The molecule has 0 bridgehead atoms. The number of hydrogen-bond donors (Lipinski definition) is 0. The van der Waals surface area contributed by atoms with E-state index in [-0.39, 0.29) is 21.8 Å². The topological polar surface area (TPSA) is 55.4 Å². The minimum atomic E-state index is -2.95. The van der Waals surface area contributed by atoms with Gasteiger partial charge in [-0.05, 0) is 70.4 Å². The maximum Gasteiger partial charge on any atom is 0.261 e. The zero-order valence-corrected chi connectivity index (χ0v) is 45.0. The fourth-order valence-corrected chi connectivity index (χ4v) is 20.2. The van der Waals surface area contributed by atoms with E-state index in [2.05, 4.69) is 196 Å². The Morgan fingerprint density at radius 1 is 0.552 bits per heavy atom. The predicted molar refractivity (Wildman–Crippen MR) is 284 cm³/mol. The molecule has 0 N–H and O–H groups in total. The Morgan fingerprint density at radius 2 is 0.985 bits per heavy atom. The Morgan fingerprint density at radius 3 is 1.43 bits per heavy atom. The predicted octanol–water partition coefficient (Wildman–Crippen LogP) is 12.7. The van der Waals surface area contributed by atoms with Crippen LogP contribution in [0, 0.1) is 5.92 Å². The largest absolute Gasteiger partial charge is 0.407 e. The van der Waals surface area contributed by atoms with Crippen LogP contribution in [0.2, 0.25) is 10.1 Å². The fourth-order valence-electron chi connectivity index (χ4n) is 11.0. The summed E-state index contributed by atoms with van der Waals surface area (Å²) in [6, 6.07) is 43.9. The molecule has 4 aromatic rings. The van der Waals surface area contributed by atoms with Gasteiger partial charge in [0.2, 0.25) is 0 Å². The highest BCUT2D eigenvalue weighted by Crippen LogP contribution is 2.44. The summed E-state index contributed by atoms with van der Waals surface area (Å²) in [6.07, 6.45) is 19.4. The minimum Gasteiger partial charge on any atom is -0.407 e. The van der Waals surface area contributed by atoms with Crippen LogP contribution in [-0.2, 0) is 27.8 Å². The molecular formula is C59H86O6Si2. The molecule has 1 unspecified atom stereocenters. The lowest BCUT2D eigenvalue weighted by Gasteiger charge is -2.52. The summed E-state index contributed by atoms with van der Waals surface area (Å²) in [6.45, 7) is 23.4. The molecule has 0 amide bonds. The van der Waals surface area contributed by atoms with Crippen LogP contribution in [0.1, 0.15) is 146 Å². The van der Waals surface area contributed by atoms with Crippen LogP contribution in [0.15, 0.2) is 133 Å². The van der Waals surface area contributed by atoms with Crippen molar-refractivity contribution in [2.24, 2.45) is 5.92 Å². The van der Waals surface area contributed by atoms with Crippen LogP contribution >= 0.6 is 0 Å².